The van der Waals surface area contributed by atoms with Crippen molar-refractivity contribution in [2.45, 2.75) is 58.0 Å². The predicted octanol–water partition coefficient (Wildman–Crippen LogP) is 3.80. The van der Waals surface area contributed by atoms with Crippen LogP contribution in [0.2, 0.25) is 0 Å². The smallest absolute Gasteiger partial charge is 0.0355 e. The fourth-order valence-electron chi connectivity index (χ4n) is 3.18. The van der Waals surface area contributed by atoms with Crippen LogP contribution in [0.3, 0.4) is 0 Å². The second-order valence-electron chi connectivity index (χ2n) is 5.69. The average Bonchev–Trinajstić information content (AvgIpc) is 2.79. The molecule has 1 atom stereocenters. The highest BCUT2D eigenvalue weighted by atomic mass is 15.2. The van der Waals surface area contributed by atoms with Crippen molar-refractivity contribution in [2.24, 2.45) is 0 Å². The maximum Gasteiger partial charge on any atom is 0.0355 e. The van der Waals surface area contributed by atoms with Gasteiger partial charge in [0.25, 0.3) is 0 Å². The molecule has 0 N–H and O–H groups in total. The average molecular weight is 232 g/mol. The third-order valence-corrected chi connectivity index (χ3v) is 3.98. The Balaban J connectivity index is 2.18. The highest BCUT2D eigenvalue weighted by Gasteiger charge is 2.35. The second-order valence-corrected chi connectivity index (χ2v) is 5.69. The van der Waals surface area contributed by atoms with Crippen LogP contribution in [0.25, 0.3) is 0 Å². The van der Waals surface area contributed by atoms with Crippen molar-refractivity contribution in [3.05, 3.63) is 30.1 Å². The molecule has 0 aliphatic carbocycles. The molecule has 2 heterocycles. The molecule has 1 saturated heterocycles. The summed E-state index contributed by atoms with van der Waals surface area (Å²) < 4.78 is 0. The van der Waals surface area contributed by atoms with Crippen molar-refractivity contribution >= 4 is 0 Å². The second kappa shape index (κ2) is 5.18. The lowest BCUT2D eigenvalue weighted by atomic mass is 9.94. The number of aromatic nitrogens is 1. The van der Waals surface area contributed by atoms with Gasteiger partial charge in [-0.3, -0.25) is 9.88 Å². The van der Waals surface area contributed by atoms with Gasteiger partial charge < -0.3 is 0 Å². The first-order valence-electron chi connectivity index (χ1n) is 6.82. The molecule has 1 unspecified atom stereocenters. The minimum atomic E-state index is 0.319. The molecular weight excluding hydrogens is 208 g/mol. The van der Waals surface area contributed by atoms with E-state index in [9.17, 15) is 0 Å². The largest absolute Gasteiger partial charge is 0.291 e. The zero-order valence-corrected chi connectivity index (χ0v) is 11.3. The van der Waals surface area contributed by atoms with Gasteiger partial charge in [0, 0.05) is 24.0 Å². The lowest BCUT2D eigenvalue weighted by molar-refractivity contribution is 0.0957. The zero-order valence-electron chi connectivity index (χ0n) is 11.3. The predicted molar refractivity (Wildman–Crippen MR) is 71.9 cm³/mol. The quantitative estimate of drug-likeness (QED) is 0.785. The molecule has 0 bridgehead atoms. The van der Waals surface area contributed by atoms with Crippen LogP contribution in [-0.2, 0) is 0 Å². The SMILES string of the molecule is CCCC(C)(C)N1CCCC1c1ccncc1. The number of hydrogen-bond donors (Lipinski definition) is 0. The third-order valence-electron chi connectivity index (χ3n) is 3.98. The fourth-order valence-corrected chi connectivity index (χ4v) is 3.18. The van der Waals surface area contributed by atoms with E-state index in [2.05, 4.69) is 42.8 Å². The third kappa shape index (κ3) is 2.68. The lowest BCUT2D eigenvalue weighted by Gasteiger charge is -2.40. The highest BCUT2D eigenvalue weighted by molar-refractivity contribution is 5.17. The van der Waals surface area contributed by atoms with E-state index in [1.54, 1.807) is 0 Å². The number of pyridine rings is 1. The van der Waals surface area contributed by atoms with Crippen molar-refractivity contribution in [2.75, 3.05) is 6.54 Å². The van der Waals surface area contributed by atoms with E-state index in [-0.39, 0.29) is 0 Å². The highest BCUT2D eigenvalue weighted by Crippen LogP contribution is 2.38. The first-order valence-corrected chi connectivity index (χ1v) is 6.82. The first kappa shape index (κ1) is 12.6. The van der Waals surface area contributed by atoms with Crippen molar-refractivity contribution in [3.8, 4) is 0 Å². The summed E-state index contributed by atoms with van der Waals surface area (Å²) in [6, 6.07) is 4.94. The van der Waals surface area contributed by atoms with Crippen LogP contribution >= 0.6 is 0 Å². The summed E-state index contributed by atoms with van der Waals surface area (Å²) in [7, 11) is 0. The Morgan fingerprint density at radius 3 is 2.71 bits per heavy atom. The monoisotopic (exact) mass is 232 g/mol. The molecule has 0 amide bonds. The molecule has 0 aromatic carbocycles. The van der Waals surface area contributed by atoms with Crippen LogP contribution in [-0.4, -0.2) is 22.0 Å². The Morgan fingerprint density at radius 2 is 2.06 bits per heavy atom. The summed E-state index contributed by atoms with van der Waals surface area (Å²) in [4.78, 5) is 6.81. The van der Waals surface area contributed by atoms with Crippen molar-refractivity contribution in [3.63, 3.8) is 0 Å². The van der Waals surface area contributed by atoms with Crippen LogP contribution in [0.5, 0.6) is 0 Å². The Hall–Kier alpha value is -0.890. The number of likely N-dealkylation sites (tertiary alicyclic amines) is 1. The molecule has 94 valence electrons. The van der Waals surface area contributed by atoms with Crippen LogP contribution in [0, 0.1) is 0 Å². The van der Waals surface area contributed by atoms with Crippen molar-refractivity contribution < 1.29 is 0 Å². The number of hydrogen-bond acceptors (Lipinski definition) is 2. The van der Waals surface area contributed by atoms with Gasteiger partial charge in [-0.1, -0.05) is 13.3 Å². The van der Waals surface area contributed by atoms with Crippen molar-refractivity contribution in [1.82, 2.24) is 9.88 Å². The summed E-state index contributed by atoms with van der Waals surface area (Å²) in [6.07, 6.45) is 8.97. The maximum atomic E-state index is 4.12. The minimum Gasteiger partial charge on any atom is -0.291 e. The first-order chi connectivity index (χ1) is 8.15. The molecule has 1 aliphatic heterocycles. The van der Waals surface area contributed by atoms with Gasteiger partial charge >= 0.3 is 0 Å². The molecule has 17 heavy (non-hydrogen) atoms. The van der Waals surface area contributed by atoms with E-state index in [4.69, 9.17) is 0 Å². The van der Waals surface area contributed by atoms with E-state index in [1.807, 2.05) is 12.4 Å². The van der Waals surface area contributed by atoms with E-state index < -0.39 is 0 Å². The normalized spacial score (nSPS) is 21.9. The molecule has 2 rings (SSSR count). The van der Waals surface area contributed by atoms with Crippen LogP contribution in [0.1, 0.15) is 58.1 Å². The van der Waals surface area contributed by atoms with Gasteiger partial charge in [0.05, 0.1) is 0 Å². The molecule has 0 spiro atoms. The number of nitrogens with zero attached hydrogens (tertiary/aromatic N) is 2. The Bertz CT molecular complexity index is 345. The molecule has 1 aromatic rings. The van der Waals surface area contributed by atoms with Gasteiger partial charge in [-0.2, -0.15) is 0 Å². The van der Waals surface area contributed by atoms with Gasteiger partial charge in [0.2, 0.25) is 0 Å². The molecule has 2 heteroatoms. The summed E-state index contributed by atoms with van der Waals surface area (Å²) >= 11 is 0. The van der Waals surface area contributed by atoms with Gasteiger partial charge in [0.15, 0.2) is 0 Å². The van der Waals surface area contributed by atoms with Crippen LogP contribution in [0.4, 0.5) is 0 Å². The minimum absolute atomic E-state index is 0.319. The molecule has 1 aliphatic rings. The van der Waals surface area contributed by atoms with E-state index in [0.29, 0.717) is 11.6 Å². The molecule has 0 saturated carbocycles. The molecule has 2 nitrogen and oxygen atoms in total. The van der Waals surface area contributed by atoms with E-state index in [1.165, 1.54) is 37.8 Å². The van der Waals surface area contributed by atoms with Crippen molar-refractivity contribution in [1.29, 1.82) is 0 Å². The molecule has 1 aromatic heterocycles. The lowest BCUT2D eigenvalue weighted by Crippen LogP contribution is -2.43. The maximum absolute atomic E-state index is 4.12. The summed E-state index contributed by atoms with van der Waals surface area (Å²) in [5.41, 5.74) is 1.75. The van der Waals surface area contributed by atoms with E-state index in [0.717, 1.165) is 0 Å². The Kier molecular flexibility index (Phi) is 3.82. The van der Waals surface area contributed by atoms with Crippen LogP contribution in [0.15, 0.2) is 24.5 Å². The summed E-state index contributed by atoms with van der Waals surface area (Å²) in [5, 5.41) is 0. The standard InChI is InChI=1S/C15H24N2/c1-4-9-15(2,3)17-12-5-6-14(17)13-7-10-16-11-8-13/h7-8,10-11,14H,4-6,9,12H2,1-3H3. The van der Waals surface area contributed by atoms with Gasteiger partial charge in [-0.05, 0) is 57.4 Å². The molecular formula is C15H24N2. The van der Waals surface area contributed by atoms with Gasteiger partial charge in [0.1, 0.15) is 0 Å². The van der Waals surface area contributed by atoms with Crippen LogP contribution < -0.4 is 0 Å². The topological polar surface area (TPSA) is 16.1 Å². The Labute approximate surface area is 105 Å². The molecule has 1 fully saturated rings. The number of rotatable bonds is 4. The Morgan fingerprint density at radius 1 is 1.35 bits per heavy atom. The van der Waals surface area contributed by atoms with Gasteiger partial charge in [-0.15, -0.1) is 0 Å². The summed E-state index contributed by atoms with van der Waals surface area (Å²) in [5.74, 6) is 0. The van der Waals surface area contributed by atoms with E-state index >= 15 is 0 Å². The zero-order chi connectivity index (χ0) is 12.3. The van der Waals surface area contributed by atoms with Gasteiger partial charge in [-0.25, -0.2) is 0 Å². The fraction of sp³-hybridized carbons (Fsp3) is 0.667. The summed E-state index contributed by atoms with van der Waals surface area (Å²) in [6.45, 7) is 8.28. The molecule has 0 radical (unpaired) electrons.